The molecule has 2 aromatic carbocycles. The maximum Gasteiger partial charge on any atom is 0.147 e. The number of aliphatic hydroxyl groups excluding tert-OH is 1. The molecule has 0 spiro atoms. The van der Waals surface area contributed by atoms with Gasteiger partial charge in [-0.3, -0.25) is 0 Å². The van der Waals surface area contributed by atoms with Crippen molar-refractivity contribution in [3.05, 3.63) is 65.7 Å². The zero-order chi connectivity index (χ0) is 13.3. The van der Waals surface area contributed by atoms with Gasteiger partial charge in [0, 0.05) is 0 Å². The highest BCUT2D eigenvalue weighted by atomic mass is 16.6. The van der Waals surface area contributed by atoms with Gasteiger partial charge in [-0.15, -0.1) is 0 Å². The maximum atomic E-state index is 9.69. The number of rotatable bonds is 4. The summed E-state index contributed by atoms with van der Waals surface area (Å²) in [5.74, 6) is 0.818. The number of hydrogen-bond acceptors (Lipinski definition) is 3. The van der Waals surface area contributed by atoms with Gasteiger partial charge in [0.05, 0.1) is 13.7 Å². The van der Waals surface area contributed by atoms with Gasteiger partial charge in [-0.1, -0.05) is 42.5 Å². The third-order valence-electron chi connectivity index (χ3n) is 3.61. The Morgan fingerprint density at radius 2 is 1.79 bits per heavy atom. The van der Waals surface area contributed by atoms with Crippen molar-refractivity contribution in [2.45, 2.75) is 11.7 Å². The van der Waals surface area contributed by atoms with Crippen LogP contribution in [0.2, 0.25) is 0 Å². The van der Waals surface area contributed by atoms with E-state index in [1.165, 1.54) is 0 Å². The molecule has 1 aliphatic rings. The molecule has 0 radical (unpaired) electrons. The van der Waals surface area contributed by atoms with Crippen molar-refractivity contribution in [3.8, 4) is 5.75 Å². The molecule has 1 aliphatic heterocycles. The molecule has 1 unspecified atom stereocenters. The first-order valence-corrected chi connectivity index (χ1v) is 6.28. The summed E-state index contributed by atoms with van der Waals surface area (Å²) in [6.07, 6.45) is -0.0918. The maximum absolute atomic E-state index is 9.69. The van der Waals surface area contributed by atoms with Crippen LogP contribution in [0.15, 0.2) is 54.6 Å². The zero-order valence-corrected chi connectivity index (χ0v) is 10.7. The zero-order valence-electron chi connectivity index (χ0n) is 10.7. The van der Waals surface area contributed by atoms with Gasteiger partial charge in [-0.05, 0) is 23.3 Å². The minimum absolute atomic E-state index is 0.0201. The van der Waals surface area contributed by atoms with Crippen LogP contribution in [0.4, 0.5) is 0 Å². The molecule has 0 aliphatic carbocycles. The van der Waals surface area contributed by atoms with E-state index in [0.29, 0.717) is 0 Å². The van der Waals surface area contributed by atoms with Crippen molar-refractivity contribution in [3.63, 3.8) is 0 Å². The highest BCUT2D eigenvalue weighted by Crippen LogP contribution is 2.56. The molecule has 2 aromatic rings. The third-order valence-corrected chi connectivity index (χ3v) is 3.61. The summed E-state index contributed by atoms with van der Waals surface area (Å²) < 4.78 is 11.0. The van der Waals surface area contributed by atoms with Crippen molar-refractivity contribution in [2.24, 2.45) is 0 Å². The Hall–Kier alpha value is -1.84. The average Bonchev–Trinajstić information content (AvgIpc) is 3.24. The van der Waals surface area contributed by atoms with Gasteiger partial charge in [0.25, 0.3) is 0 Å². The van der Waals surface area contributed by atoms with E-state index in [2.05, 4.69) is 0 Å². The van der Waals surface area contributed by atoms with Gasteiger partial charge in [0.1, 0.15) is 17.5 Å². The monoisotopic (exact) mass is 256 g/mol. The van der Waals surface area contributed by atoms with E-state index in [1.54, 1.807) is 7.11 Å². The fourth-order valence-electron chi connectivity index (χ4n) is 2.44. The SMILES string of the molecule is COc1ccc(C2O[C@@]2(CO)c2ccccc2)cc1. The predicted molar refractivity (Wildman–Crippen MR) is 72.0 cm³/mol. The number of benzene rings is 2. The van der Waals surface area contributed by atoms with Crippen LogP contribution in [0.5, 0.6) is 5.75 Å². The molecule has 3 nitrogen and oxygen atoms in total. The quantitative estimate of drug-likeness (QED) is 0.855. The van der Waals surface area contributed by atoms with Crippen LogP contribution in [-0.2, 0) is 10.3 Å². The molecule has 1 heterocycles. The van der Waals surface area contributed by atoms with Crippen molar-refractivity contribution >= 4 is 0 Å². The van der Waals surface area contributed by atoms with E-state index in [9.17, 15) is 5.11 Å². The lowest BCUT2D eigenvalue weighted by atomic mass is 9.92. The Labute approximate surface area is 112 Å². The normalized spacial score (nSPS) is 25.1. The number of ether oxygens (including phenoxy) is 2. The Morgan fingerprint density at radius 1 is 1.11 bits per heavy atom. The second kappa shape index (κ2) is 4.68. The lowest BCUT2D eigenvalue weighted by molar-refractivity contribution is 0.172. The molecule has 1 saturated heterocycles. The van der Waals surface area contributed by atoms with Crippen molar-refractivity contribution in [1.29, 1.82) is 0 Å². The topological polar surface area (TPSA) is 42.0 Å². The van der Waals surface area contributed by atoms with Crippen LogP contribution >= 0.6 is 0 Å². The lowest BCUT2D eigenvalue weighted by Gasteiger charge is -2.10. The van der Waals surface area contributed by atoms with E-state index in [-0.39, 0.29) is 12.7 Å². The molecule has 0 amide bonds. The molecule has 0 saturated carbocycles. The van der Waals surface area contributed by atoms with E-state index in [4.69, 9.17) is 9.47 Å². The van der Waals surface area contributed by atoms with Crippen LogP contribution in [0, 0.1) is 0 Å². The summed E-state index contributed by atoms with van der Waals surface area (Å²) in [7, 11) is 1.64. The fourth-order valence-corrected chi connectivity index (χ4v) is 2.44. The first-order chi connectivity index (χ1) is 9.30. The summed E-state index contributed by atoms with van der Waals surface area (Å²) in [6.45, 7) is -0.0201. The van der Waals surface area contributed by atoms with Gasteiger partial charge in [0.15, 0.2) is 0 Å². The molecule has 98 valence electrons. The lowest BCUT2D eigenvalue weighted by Crippen LogP contribution is -2.15. The number of aliphatic hydroxyl groups is 1. The number of methoxy groups -OCH3 is 1. The van der Waals surface area contributed by atoms with Crippen molar-refractivity contribution in [2.75, 3.05) is 13.7 Å². The fraction of sp³-hybridized carbons (Fsp3) is 0.250. The van der Waals surface area contributed by atoms with Crippen LogP contribution < -0.4 is 4.74 Å². The summed E-state index contributed by atoms with van der Waals surface area (Å²) >= 11 is 0. The van der Waals surface area contributed by atoms with Crippen LogP contribution in [-0.4, -0.2) is 18.8 Å². The molecule has 3 rings (SSSR count). The average molecular weight is 256 g/mol. The molecule has 0 aromatic heterocycles. The van der Waals surface area contributed by atoms with Gasteiger partial charge < -0.3 is 14.6 Å². The summed E-state index contributed by atoms with van der Waals surface area (Å²) in [4.78, 5) is 0. The van der Waals surface area contributed by atoms with E-state index in [0.717, 1.165) is 16.9 Å². The Kier molecular flexibility index (Phi) is 3.01. The second-order valence-corrected chi connectivity index (χ2v) is 4.68. The van der Waals surface area contributed by atoms with E-state index < -0.39 is 5.60 Å². The smallest absolute Gasteiger partial charge is 0.147 e. The predicted octanol–water partition coefficient (Wildman–Crippen LogP) is 2.65. The third kappa shape index (κ3) is 2.01. The van der Waals surface area contributed by atoms with E-state index in [1.807, 2.05) is 54.6 Å². The number of epoxide rings is 1. The molecule has 0 bridgehead atoms. The van der Waals surface area contributed by atoms with Gasteiger partial charge in [-0.2, -0.15) is 0 Å². The van der Waals surface area contributed by atoms with Gasteiger partial charge >= 0.3 is 0 Å². The molecular weight excluding hydrogens is 240 g/mol. The van der Waals surface area contributed by atoms with Crippen LogP contribution in [0.3, 0.4) is 0 Å². The Bertz CT molecular complexity index is 550. The summed E-state index contributed by atoms with van der Waals surface area (Å²) in [5, 5.41) is 9.69. The molecule has 19 heavy (non-hydrogen) atoms. The van der Waals surface area contributed by atoms with Gasteiger partial charge in [-0.25, -0.2) is 0 Å². The van der Waals surface area contributed by atoms with Crippen molar-refractivity contribution in [1.82, 2.24) is 0 Å². The second-order valence-electron chi connectivity index (χ2n) is 4.68. The Morgan fingerprint density at radius 3 is 2.37 bits per heavy atom. The van der Waals surface area contributed by atoms with Crippen LogP contribution in [0.25, 0.3) is 0 Å². The molecule has 1 fully saturated rings. The van der Waals surface area contributed by atoms with E-state index >= 15 is 0 Å². The number of hydrogen-bond donors (Lipinski definition) is 1. The van der Waals surface area contributed by atoms with Gasteiger partial charge in [0.2, 0.25) is 0 Å². The molecule has 3 heteroatoms. The highest BCUT2D eigenvalue weighted by Gasteiger charge is 2.58. The minimum atomic E-state index is -0.587. The molecular formula is C16H16O3. The summed E-state index contributed by atoms with van der Waals surface area (Å²) in [6, 6.07) is 17.6. The first-order valence-electron chi connectivity index (χ1n) is 6.28. The van der Waals surface area contributed by atoms with Crippen LogP contribution in [0.1, 0.15) is 17.2 Å². The standard InChI is InChI=1S/C16H16O3/c1-18-14-9-7-12(8-10-14)15-16(11-17,19-15)13-5-3-2-4-6-13/h2-10,15,17H,11H2,1H3/t15?,16-/m0/s1. The highest BCUT2D eigenvalue weighted by molar-refractivity contribution is 5.38. The molecule has 1 N–H and O–H groups in total. The molecule has 2 atom stereocenters. The Balaban J connectivity index is 1.88. The minimum Gasteiger partial charge on any atom is -0.497 e. The summed E-state index contributed by atoms with van der Waals surface area (Å²) in [5.41, 5.74) is 1.48. The van der Waals surface area contributed by atoms with Crippen molar-refractivity contribution < 1.29 is 14.6 Å². The first kappa shape index (κ1) is 12.2. The largest absolute Gasteiger partial charge is 0.497 e.